The van der Waals surface area contributed by atoms with Crippen molar-refractivity contribution >= 4 is 27.7 Å². The zero-order valence-electron chi connectivity index (χ0n) is 10.5. The van der Waals surface area contributed by atoms with E-state index in [9.17, 15) is 4.79 Å². The molecule has 0 unspecified atom stereocenters. The maximum Gasteiger partial charge on any atom is 0.411 e. The number of nitrogens with one attached hydrogen (secondary N) is 1. The highest BCUT2D eigenvalue weighted by molar-refractivity contribution is 9.10. The fourth-order valence-electron chi connectivity index (χ4n) is 2.31. The van der Waals surface area contributed by atoms with Crippen LogP contribution in [0.5, 0.6) is 0 Å². The summed E-state index contributed by atoms with van der Waals surface area (Å²) in [5.41, 5.74) is 0.748. The van der Waals surface area contributed by atoms with Gasteiger partial charge in [-0.05, 0) is 43.4 Å². The fourth-order valence-corrected chi connectivity index (χ4v) is 2.71. The summed E-state index contributed by atoms with van der Waals surface area (Å²) in [6, 6.07) is 7.49. The van der Waals surface area contributed by atoms with Gasteiger partial charge >= 0.3 is 6.09 Å². The molecule has 0 radical (unpaired) electrons. The number of amides is 1. The van der Waals surface area contributed by atoms with Gasteiger partial charge in [0.2, 0.25) is 0 Å². The number of carbonyl (C=O) groups excluding carboxylic acids is 1. The number of halogens is 1. The highest BCUT2D eigenvalue weighted by atomic mass is 79.9. The molecule has 98 valence electrons. The highest BCUT2D eigenvalue weighted by Crippen LogP contribution is 2.26. The molecule has 1 aromatic carbocycles. The Labute approximate surface area is 116 Å². The van der Waals surface area contributed by atoms with Crippen molar-refractivity contribution in [2.24, 2.45) is 5.92 Å². The third-order valence-corrected chi connectivity index (χ3v) is 3.86. The number of anilines is 1. The molecule has 0 bridgehead atoms. The SMILES string of the molecule is C[C@@H]1CCCC[C@@H]1OC(=O)Nc1cccc(Br)c1. The van der Waals surface area contributed by atoms with Crippen LogP contribution >= 0.6 is 15.9 Å². The first kappa shape index (κ1) is 13.4. The summed E-state index contributed by atoms with van der Waals surface area (Å²) in [5, 5.41) is 2.76. The summed E-state index contributed by atoms with van der Waals surface area (Å²) in [7, 11) is 0. The zero-order valence-corrected chi connectivity index (χ0v) is 12.1. The minimum absolute atomic E-state index is 0.0610. The molecule has 2 atom stereocenters. The molecule has 1 saturated carbocycles. The molecule has 1 aliphatic rings. The molecule has 4 heteroatoms. The first-order chi connectivity index (χ1) is 8.65. The zero-order chi connectivity index (χ0) is 13.0. The molecular weight excluding hydrogens is 294 g/mol. The number of hydrogen-bond donors (Lipinski definition) is 1. The standard InChI is InChI=1S/C14H18BrNO2/c1-10-5-2-3-8-13(10)18-14(17)16-12-7-4-6-11(15)9-12/h4,6-7,9-10,13H,2-3,5,8H2,1H3,(H,16,17)/t10-,13+/m1/s1. The first-order valence-corrected chi connectivity index (χ1v) is 7.17. The van der Waals surface area contributed by atoms with E-state index in [0.717, 1.165) is 29.4 Å². The molecule has 0 aliphatic heterocycles. The maximum absolute atomic E-state index is 11.8. The van der Waals surface area contributed by atoms with Crippen molar-refractivity contribution in [2.45, 2.75) is 38.7 Å². The Morgan fingerprint density at radius 3 is 2.89 bits per heavy atom. The summed E-state index contributed by atoms with van der Waals surface area (Å²) in [4.78, 5) is 11.8. The Kier molecular flexibility index (Phi) is 4.64. The Morgan fingerprint density at radius 2 is 2.17 bits per heavy atom. The maximum atomic E-state index is 11.8. The van der Waals surface area contributed by atoms with Gasteiger partial charge in [-0.1, -0.05) is 35.3 Å². The second-order valence-corrected chi connectivity index (χ2v) is 5.76. The van der Waals surface area contributed by atoms with Crippen molar-refractivity contribution in [1.29, 1.82) is 0 Å². The Bertz CT molecular complexity index is 422. The molecule has 1 amide bonds. The smallest absolute Gasteiger partial charge is 0.411 e. The molecular formula is C14H18BrNO2. The molecule has 0 saturated heterocycles. The monoisotopic (exact) mass is 311 g/mol. The summed E-state index contributed by atoms with van der Waals surface area (Å²) >= 11 is 3.37. The number of carbonyl (C=O) groups is 1. The van der Waals surface area contributed by atoms with Crippen molar-refractivity contribution in [3.63, 3.8) is 0 Å². The van der Waals surface area contributed by atoms with Crippen LogP contribution in [0.15, 0.2) is 28.7 Å². The normalized spacial score (nSPS) is 23.4. The van der Waals surface area contributed by atoms with E-state index in [2.05, 4.69) is 28.2 Å². The van der Waals surface area contributed by atoms with E-state index in [0.29, 0.717) is 5.92 Å². The van der Waals surface area contributed by atoms with Crippen LogP contribution in [0.4, 0.5) is 10.5 Å². The number of hydrogen-bond acceptors (Lipinski definition) is 2. The molecule has 1 fully saturated rings. The van der Waals surface area contributed by atoms with E-state index in [-0.39, 0.29) is 12.2 Å². The van der Waals surface area contributed by atoms with Crippen molar-refractivity contribution in [3.05, 3.63) is 28.7 Å². The second-order valence-electron chi connectivity index (χ2n) is 4.84. The Hall–Kier alpha value is -1.03. The molecule has 2 rings (SSSR count). The Morgan fingerprint density at radius 1 is 1.39 bits per heavy atom. The highest BCUT2D eigenvalue weighted by Gasteiger charge is 2.24. The van der Waals surface area contributed by atoms with Gasteiger partial charge in [0.15, 0.2) is 0 Å². The topological polar surface area (TPSA) is 38.3 Å². The molecule has 1 N–H and O–H groups in total. The molecule has 18 heavy (non-hydrogen) atoms. The van der Waals surface area contributed by atoms with Crippen molar-refractivity contribution < 1.29 is 9.53 Å². The van der Waals surface area contributed by atoms with Crippen molar-refractivity contribution in [3.8, 4) is 0 Å². The average molecular weight is 312 g/mol. The summed E-state index contributed by atoms with van der Waals surface area (Å²) < 4.78 is 6.42. The lowest BCUT2D eigenvalue weighted by atomic mass is 9.88. The molecule has 1 aromatic rings. The molecule has 3 nitrogen and oxygen atoms in total. The Balaban J connectivity index is 1.88. The van der Waals surface area contributed by atoms with Gasteiger partial charge in [0.1, 0.15) is 6.10 Å². The third-order valence-electron chi connectivity index (χ3n) is 3.36. The molecule has 0 heterocycles. The van der Waals surface area contributed by atoms with E-state index in [4.69, 9.17) is 4.74 Å². The van der Waals surface area contributed by atoms with Gasteiger partial charge in [0.05, 0.1) is 0 Å². The predicted octanol–water partition coefficient (Wildman–Crippen LogP) is 4.58. The van der Waals surface area contributed by atoms with Gasteiger partial charge in [-0.15, -0.1) is 0 Å². The third kappa shape index (κ3) is 3.73. The van der Waals surface area contributed by atoms with Gasteiger partial charge in [0, 0.05) is 10.2 Å². The van der Waals surface area contributed by atoms with Crippen LogP contribution < -0.4 is 5.32 Å². The van der Waals surface area contributed by atoms with Gasteiger partial charge in [-0.2, -0.15) is 0 Å². The lowest BCUT2D eigenvalue weighted by Gasteiger charge is -2.28. The van der Waals surface area contributed by atoms with Crippen LogP contribution in [-0.2, 0) is 4.74 Å². The number of rotatable bonds is 2. The van der Waals surface area contributed by atoms with E-state index in [1.807, 2.05) is 24.3 Å². The van der Waals surface area contributed by atoms with E-state index >= 15 is 0 Å². The van der Waals surface area contributed by atoms with Gasteiger partial charge in [-0.3, -0.25) is 5.32 Å². The molecule has 0 spiro atoms. The number of ether oxygens (including phenoxy) is 1. The largest absolute Gasteiger partial charge is 0.446 e. The quantitative estimate of drug-likeness (QED) is 0.868. The van der Waals surface area contributed by atoms with E-state index in [1.165, 1.54) is 6.42 Å². The average Bonchev–Trinajstić information content (AvgIpc) is 2.32. The predicted molar refractivity (Wildman–Crippen MR) is 75.7 cm³/mol. The van der Waals surface area contributed by atoms with Crippen LogP contribution in [0.2, 0.25) is 0 Å². The molecule has 0 aromatic heterocycles. The lowest BCUT2D eigenvalue weighted by Crippen LogP contribution is -2.30. The van der Waals surface area contributed by atoms with Crippen LogP contribution in [0.25, 0.3) is 0 Å². The van der Waals surface area contributed by atoms with E-state index < -0.39 is 0 Å². The van der Waals surface area contributed by atoms with Gasteiger partial charge < -0.3 is 4.74 Å². The minimum Gasteiger partial charge on any atom is -0.446 e. The first-order valence-electron chi connectivity index (χ1n) is 6.38. The van der Waals surface area contributed by atoms with Crippen LogP contribution in [0.1, 0.15) is 32.6 Å². The number of benzene rings is 1. The van der Waals surface area contributed by atoms with Crippen molar-refractivity contribution in [1.82, 2.24) is 0 Å². The molecule has 1 aliphatic carbocycles. The summed E-state index contributed by atoms with van der Waals surface area (Å²) in [5.74, 6) is 0.465. The van der Waals surface area contributed by atoms with E-state index in [1.54, 1.807) is 0 Å². The summed E-state index contributed by atoms with van der Waals surface area (Å²) in [6.07, 6.45) is 4.23. The van der Waals surface area contributed by atoms with Gasteiger partial charge in [-0.25, -0.2) is 4.79 Å². The fraction of sp³-hybridized carbons (Fsp3) is 0.500. The van der Waals surface area contributed by atoms with Crippen LogP contribution in [0, 0.1) is 5.92 Å². The summed E-state index contributed by atoms with van der Waals surface area (Å²) in [6.45, 7) is 2.15. The van der Waals surface area contributed by atoms with Crippen LogP contribution in [-0.4, -0.2) is 12.2 Å². The second kappa shape index (κ2) is 6.23. The van der Waals surface area contributed by atoms with Gasteiger partial charge in [0.25, 0.3) is 0 Å². The van der Waals surface area contributed by atoms with Crippen LogP contribution in [0.3, 0.4) is 0 Å². The minimum atomic E-state index is -0.355. The lowest BCUT2D eigenvalue weighted by molar-refractivity contribution is 0.0524. The van der Waals surface area contributed by atoms with Crippen molar-refractivity contribution in [2.75, 3.05) is 5.32 Å².